The van der Waals surface area contributed by atoms with Gasteiger partial charge in [0.2, 0.25) is 5.91 Å². The molecule has 1 atom stereocenters. The van der Waals surface area contributed by atoms with E-state index < -0.39 is 0 Å². The molecule has 5 nitrogen and oxygen atoms in total. The number of thiazole rings is 1. The Kier molecular flexibility index (Phi) is 4.86. The van der Waals surface area contributed by atoms with Gasteiger partial charge in [0.25, 0.3) is 0 Å². The van der Waals surface area contributed by atoms with E-state index >= 15 is 0 Å². The van der Waals surface area contributed by atoms with Gasteiger partial charge in [-0.3, -0.25) is 9.78 Å². The van der Waals surface area contributed by atoms with E-state index in [9.17, 15) is 4.79 Å². The first-order valence-corrected chi connectivity index (χ1v) is 8.40. The van der Waals surface area contributed by atoms with Crippen LogP contribution in [-0.2, 0) is 4.79 Å². The first-order valence-electron chi connectivity index (χ1n) is 7.52. The van der Waals surface area contributed by atoms with Crippen molar-refractivity contribution in [1.29, 1.82) is 0 Å². The summed E-state index contributed by atoms with van der Waals surface area (Å²) in [5.74, 6) is 1.29. The molecule has 0 aliphatic carbocycles. The van der Waals surface area contributed by atoms with Gasteiger partial charge in [0, 0.05) is 29.4 Å². The molecule has 122 valence electrons. The molecule has 1 amide bonds. The fraction of sp³-hybridized carbons (Fsp3) is 0.167. The molecule has 0 saturated heterocycles. The fourth-order valence-corrected chi connectivity index (χ4v) is 3.00. The highest BCUT2D eigenvalue weighted by Crippen LogP contribution is 2.24. The third-order valence-electron chi connectivity index (χ3n) is 3.39. The lowest BCUT2D eigenvalue weighted by molar-refractivity contribution is -0.117. The Morgan fingerprint density at radius 3 is 2.79 bits per heavy atom. The van der Waals surface area contributed by atoms with Gasteiger partial charge >= 0.3 is 0 Å². The van der Waals surface area contributed by atoms with Crippen LogP contribution in [0.3, 0.4) is 0 Å². The Morgan fingerprint density at radius 2 is 2.08 bits per heavy atom. The molecule has 0 radical (unpaired) electrons. The summed E-state index contributed by atoms with van der Waals surface area (Å²) < 4.78 is 5.39. The summed E-state index contributed by atoms with van der Waals surface area (Å²) >= 11 is 1.52. The maximum Gasteiger partial charge on any atom is 0.244 e. The first kappa shape index (κ1) is 16.1. The lowest BCUT2D eigenvalue weighted by Crippen LogP contribution is -2.24. The monoisotopic (exact) mass is 339 g/mol. The van der Waals surface area contributed by atoms with Crippen LogP contribution in [-0.4, -0.2) is 15.9 Å². The molecule has 3 aromatic heterocycles. The minimum atomic E-state index is -0.183. The van der Waals surface area contributed by atoms with Crippen LogP contribution >= 0.6 is 11.3 Å². The Labute approximate surface area is 144 Å². The maximum absolute atomic E-state index is 12.0. The van der Waals surface area contributed by atoms with Crippen molar-refractivity contribution in [1.82, 2.24) is 15.3 Å². The number of nitrogens with one attached hydrogen (secondary N) is 1. The molecule has 1 unspecified atom stereocenters. The highest BCUT2D eigenvalue weighted by Gasteiger charge is 2.13. The Bertz CT molecular complexity index is 852. The van der Waals surface area contributed by atoms with Gasteiger partial charge in [-0.2, -0.15) is 0 Å². The molecule has 0 bridgehead atoms. The van der Waals surface area contributed by atoms with Crippen LogP contribution < -0.4 is 5.32 Å². The van der Waals surface area contributed by atoms with E-state index in [0.717, 1.165) is 22.0 Å². The molecule has 0 aromatic carbocycles. The van der Waals surface area contributed by atoms with E-state index in [1.54, 1.807) is 18.5 Å². The summed E-state index contributed by atoms with van der Waals surface area (Å²) in [6, 6.07) is 7.34. The fourth-order valence-electron chi connectivity index (χ4n) is 2.17. The smallest absolute Gasteiger partial charge is 0.244 e. The molecular formula is C18H17N3O2S. The van der Waals surface area contributed by atoms with E-state index in [0.29, 0.717) is 5.76 Å². The second-order valence-corrected chi connectivity index (χ2v) is 6.21. The zero-order chi connectivity index (χ0) is 16.9. The van der Waals surface area contributed by atoms with Crippen LogP contribution in [0.4, 0.5) is 0 Å². The van der Waals surface area contributed by atoms with Gasteiger partial charge < -0.3 is 9.73 Å². The molecule has 0 aliphatic heterocycles. The van der Waals surface area contributed by atoms with Crippen molar-refractivity contribution in [2.24, 2.45) is 0 Å². The van der Waals surface area contributed by atoms with Gasteiger partial charge in [0.1, 0.15) is 16.5 Å². The first-order chi connectivity index (χ1) is 11.6. The van der Waals surface area contributed by atoms with Crippen molar-refractivity contribution in [3.8, 4) is 11.3 Å². The number of amides is 1. The summed E-state index contributed by atoms with van der Waals surface area (Å²) in [4.78, 5) is 20.6. The number of furan rings is 1. The standard InChI is InChI=1S/C18H17N3O2S/c1-12-3-4-15(23-12)5-6-17(22)20-13(2)18-21-16(11-24-18)14-7-9-19-10-8-14/h3-11,13H,1-2H3,(H,20,22)/b6-5+. The zero-order valence-corrected chi connectivity index (χ0v) is 14.2. The molecule has 0 fully saturated rings. The predicted molar refractivity (Wildman–Crippen MR) is 94.4 cm³/mol. The summed E-state index contributed by atoms with van der Waals surface area (Å²) in [6.07, 6.45) is 6.59. The lowest BCUT2D eigenvalue weighted by Gasteiger charge is -2.08. The quantitative estimate of drug-likeness (QED) is 0.714. The number of carbonyl (C=O) groups is 1. The summed E-state index contributed by atoms with van der Waals surface area (Å²) in [5, 5.41) is 5.75. The van der Waals surface area contributed by atoms with Crippen molar-refractivity contribution in [3.63, 3.8) is 0 Å². The van der Waals surface area contributed by atoms with E-state index in [-0.39, 0.29) is 11.9 Å². The molecule has 6 heteroatoms. The van der Waals surface area contributed by atoms with Gasteiger partial charge in [-0.1, -0.05) is 0 Å². The molecule has 0 spiro atoms. The normalized spacial score (nSPS) is 12.4. The van der Waals surface area contributed by atoms with Crippen molar-refractivity contribution in [2.75, 3.05) is 0 Å². The number of carbonyl (C=O) groups excluding carboxylic acids is 1. The van der Waals surface area contributed by atoms with Gasteiger partial charge in [0.15, 0.2) is 0 Å². The number of rotatable bonds is 5. The molecule has 3 heterocycles. The number of hydrogen-bond acceptors (Lipinski definition) is 5. The lowest BCUT2D eigenvalue weighted by atomic mass is 10.2. The van der Waals surface area contributed by atoms with Gasteiger partial charge in [-0.05, 0) is 44.2 Å². The van der Waals surface area contributed by atoms with Gasteiger partial charge in [-0.25, -0.2) is 4.98 Å². The second kappa shape index (κ2) is 7.23. The van der Waals surface area contributed by atoms with Crippen LogP contribution in [0.15, 0.2) is 52.5 Å². The zero-order valence-electron chi connectivity index (χ0n) is 13.4. The molecule has 3 aromatic rings. The maximum atomic E-state index is 12.0. The molecule has 0 aliphatic rings. The average molecular weight is 339 g/mol. The van der Waals surface area contributed by atoms with Crippen LogP contribution in [0, 0.1) is 6.92 Å². The van der Waals surface area contributed by atoms with Crippen LogP contribution in [0.25, 0.3) is 17.3 Å². The Morgan fingerprint density at radius 1 is 1.29 bits per heavy atom. The van der Waals surface area contributed by atoms with Crippen molar-refractivity contribution < 1.29 is 9.21 Å². The van der Waals surface area contributed by atoms with E-state index in [2.05, 4.69) is 15.3 Å². The van der Waals surface area contributed by atoms with Gasteiger partial charge in [0.05, 0.1) is 11.7 Å². The number of pyridine rings is 1. The average Bonchev–Trinajstić information content (AvgIpc) is 3.23. The number of aromatic nitrogens is 2. The van der Waals surface area contributed by atoms with Gasteiger partial charge in [-0.15, -0.1) is 11.3 Å². The summed E-state index contributed by atoms with van der Waals surface area (Å²) in [5.41, 5.74) is 1.90. The summed E-state index contributed by atoms with van der Waals surface area (Å²) in [7, 11) is 0. The van der Waals surface area contributed by atoms with E-state index in [1.807, 2.05) is 43.5 Å². The molecular weight excluding hydrogens is 322 g/mol. The van der Waals surface area contributed by atoms with E-state index in [4.69, 9.17) is 4.42 Å². The highest BCUT2D eigenvalue weighted by atomic mass is 32.1. The van der Waals surface area contributed by atoms with Crippen molar-refractivity contribution in [2.45, 2.75) is 19.9 Å². The van der Waals surface area contributed by atoms with Crippen molar-refractivity contribution >= 4 is 23.3 Å². The topological polar surface area (TPSA) is 68.0 Å². The predicted octanol–water partition coefficient (Wildman–Crippen LogP) is 4.00. The molecule has 24 heavy (non-hydrogen) atoms. The minimum absolute atomic E-state index is 0.166. The third kappa shape index (κ3) is 3.97. The van der Waals surface area contributed by atoms with Crippen LogP contribution in [0.1, 0.15) is 29.5 Å². The second-order valence-electron chi connectivity index (χ2n) is 5.32. The largest absolute Gasteiger partial charge is 0.462 e. The third-order valence-corrected chi connectivity index (χ3v) is 4.41. The Hall–Kier alpha value is -2.73. The highest BCUT2D eigenvalue weighted by molar-refractivity contribution is 7.10. The minimum Gasteiger partial charge on any atom is -0.462 e. The Balaban J connectivity index is 1.62. The molecule has 0 saturated carbocycles. The summed E-state index contributed by atoms with van der Waals surface area (Å²) in [6.45, 7) is 3.78. The van der Waals surface area contributed by atoms with Crippen molar-refractivity contribution in [3.05, 3.63) is 64.6 Å². The number of nitrogens with zero attached hydrogens (tertiary/aromatic N) is 2. The van der Waals surface area contributed by atoms with Crippen LogP contribution in [0.2, 0.25) is 0 Å². The number of aryl methyl sites for hydroxylation is 1. The van der Waals surface area contributed by atoms with Crippen LogP contribution in [0.5, 0.6) is 0 Å². The van der Waals surface area contributed by atoms with E-state index in [1.165, 1.54) is 17.4 Å². The SMILES string of the molecule is Cc1ccc(/C=C/C(=O)NC(C)c2nc(-c3ccncc3)cs2)o1. The number of hydrogen-bond donors (Lipinski definition) is 1. The molecule has 3 rings (SSSR count). The molecule has 1 N–H and O–H groups in total.